The average molecular weight is 352 g/mol. The van der Waals surface area contributed by atoms with E-state index in [4.69, 9.17) is 0 Å². The van der Waals surface area contributed by atoms with E-state index < -0.39 is 0 Å². The maximum absolute atomic E-state index is 12.5. The minimum absolute atomic E-state index is 0.136. The van der Waals surface area contributed by atoms with Crippen LogP contribution in [-0.4, -0.2) is 30.0 Å². The topological polar surface area (TPSA) is 57.3 Å². The van der Waals surface area contributed by atoms with Gasteiger partial charge in [-0.25, -0.2) is 0 Å². The smallest absolute Gasteiger partial charge is 0.257 e. The maximum atomic E-state index is 12.5. The Labute approximate surface area is 155 Å². The second kappa shape index (κ2) is 8.70. The number of carbonyl (C=O) groups is 1. The van der Waals surface area contributed by atoms with E-state index in [0.29, 0.717) is 11.6 Å². The molecule has 1 aliphatic rings. The van der Waals surface area contributed by atoms with Crippen molar-refractivity contribution in [3.8, 4) is 0 Å². The van der Waals surface area contributed by atoms with Gasteiger partial charge in [0, 0.05) is 42.9 Å². The number of nitrogens with one attached hydrogen (secondary N) is 2. The molecule has 5 nitrogen and oxygen atoms in total. The summed E-state index contributed by atoms with van der Waals surface area (Å²) in [4.78, 5) is 19.0. The first-order valence-electron chi connectivity index (χ1n) is 9.57. The van der Waals surface area contributed by atoms with Gasteiger partial charge < -0.3 is 15.5 Å². The lowest BCUT2D eigenvalue weighted by molar-refractivity contribution is 0.102. The van der Waals surface area contributed by atoms with Crippen LogP contribution in [0.1, 0.15) is 49.9 Å². The summed E-state index contributed by atoms with van der Waals surface area (Å²) in [7, 11) is 0. The molecule has 1 aromatic carbocycles. The molecule has 1 fully saturated rings. The van der Waals surface area contributed by atoms with Gasteiger partial charge in [-0.05, 0) is 57.0 Å². The first-order valence-corrected chi connectivity index (χ1v) is 9.57. The zero-order chi connectivity index (χ0) is 18.4. The number of aromatic nitrogens is 1. The van der Waals surface area contributed by atoms with Crippen LogP contribution in [-0.2, 0) is 0 Å². The average Bonchev–Trinajstić information content (AvgIpc) is 3.17. The summed E-state index contributed by atoms with van der Waals surface area (Å²) in [6.45, 7) is 6.21. The van der Waals surface area contributed by atoms with Crippen LogP contribution in [0.2, 0.25) is 0 Å². The number of amides is 1. The van der Waals surface area contributed by atoms with Crippen LogP contribution in [0.3, 0.4) is 0 Å². The lowest BCUT2D eigenvalue weighted by Crippen LogP contribution is -2.21. The predicted molar refractivity (Wildman–Crippen MR) is 108 cm³/mol. The molecule has 0 unspecified atom stereocenters. The van der Waals surface area contributed by atoms with Crippen LogP contribution in [0.25, 0.3) is 0 Å². The number of hydrogen-bond acceptors (Lipinski definition) is 4. The molecule has 1 amide bonds. The fourth-order valence-corrected chi connectivity index (χ4v) is 3.50. The van der Waals surface area contributed by atoms with Gasteiger partial charge in [0.15, 0.2) is 0 Å². The van der Waals surface area contributed by atoms with Crippen LogP contribution in [0, 0.1) is 0 Å². The summed E-state index contributed by atoms with van der Waals surface area (Å²) in [6.07, 6.45) is 8.32. The van der Waals surface area contributed by atoms with Gasteiger partial charge in [0.2, 0.25) is 0 Å². The van der Waals surface area contributed by atoms with E-state index in [1.54, 1.807) is 12.4 Å². The minimum atomic E-state index is -0.136. The Hall–Kier alpha value is -2.56. The molecule has 2 aromatic rings. The number of anilines is 3. The summed E-state index contributed by atoms with van der Waals surface area (Å²) >= 11 is 0. The van der Waals surface area contributed by atoms with Crippen LogP contribution in [0.4, 0.5) is 17.1 Å². The Kier molecular flexibility index (Phi) is 6.10. The lowest BCUT2D eigenvalue weighted by Gasteiger charge is -2.21. The zero-order valence-corrected chi connectivity index (χ0v) is 15.7. The third-order valence-corrected chi connectivity index (χ3v) is 4.98. The fraction of sp³-hybridized carbons (Fsp3) is 0.429. The molecule has 3 rings (SSSR count). The molecule has 1 saturated carbocycles. The number of hydrogen-bond donors (Lipinski definition) is 2. The molecule has 0 atom stereocenters. The van der Waals surface area contributed by atoms with Crippen LogP contribution in [0.5, 0.6) is 0 Å². The lowest BCUT2D eigenvalue weighted by atomic mass is 10.2. The van der Waals surface area contributed by atoms with Crippen molar-refractivity contribution in [3.05, 3.63) is 48.3 Å². The molecule has 1 aliphatic carbocycles. The molecule has 0 spiro atoms. The standard InChI is InChI=1S/C21H28N4O/c1-3-25(4-2)20-11-9-18(10-12-20)24-21(26)16-13-19(15-22-14-16)23-17-7-5-6-8-17/h9-15,17,23H,3-8H2,1-2H3,(H,24,26). The van der Waals surface area contributed by atoms with Crippen LogP contribution < -0.4 is 15.5 Å². The van der Waals surface area contributed by atoms with E-state index in [-0.39, 0.29) is 5.91 Å². The summed E-state index contributed by atoms with van der Waals surface area (Å²) < 4.78 is 0. The molecule has 0 aliphatic heterocycles. The van der Waals surface area contributed by atoms with Crippen molar-refractivity contribution in [1.29, 1.82) is 0 Å². The first-order chi connectivity index (χ1) is 12.7. The molecule has 0 bridgehead atoms. The molecule has 1 aromatic heterocycles. The third-order valence-electron chi connectivity index (χ3n) is 4.98. The highest BCUT2D eigenvalue weighted by Crippen LogP contribution is 2.23. The molecule has 1 heterocycles. The molecule has 138 valence electrons. The van der Waals surface area contributed by atoms with Crippen molar-refractivity contribution in [1.82, 2.24) is 4.98 Å². The first kappa shape index (κ1) is 18.2. The van der Waals surface area contributed by atoms with Crippen LogP contribution in [0.15, 0.2) is 42.7 Å². The SMILES string of the molecule is CCN(CC)c1ccc(NC(=O)c2cncc(NC3CCCC3)c2)cc1. The maximum Gasteiger partial charge on any atom is 0.257 e. The molecular formula is C21H28N4O. The minimum Gasteiger partial charge on any atom is -0.381 e. The Bertz CT molecular complexity index is 719. The highest BCUT2D eigenvalue weighted by Gasteiger charge is 2.15. The molecule has 0 radical (unpaired) electrons. The van der Waals surface area contributed by atoms with Gasteiger partial charge in [0.25, 0.3) is 5.91 Å². The normalized spacial score (nSPS) is 14.2. The van der Waals surface area contributed by atoms with Gasteiger partial charge in [0.1, 0.15) is 0 Å². The van der Waals surface area contributed by atoms with E-state index in [1.807, 2.05) is 30.3 Å². The Balaban J connectivity index is 1.64. The predicted octanol–water partition coefficient (Wildman–Crippen LogP) is 4.53. The second-order valence-electron chi connectivity index (χ2n) is 6.76. The summed E-state index contributed by atoms with van der Waals surface area (Å²) in [6, 6.07) is 10.4. The quantitative estimate of drug-likeness (QED) is 0.768. The van der Waals surface area contributed by atoms with Crippen molar-refractivity contribution in [2.24, 2.45) is 0 Å². The third kappa shape index (κ3) is 4.54. The van der Waals surface area contributed by atoms with Crippen molar-refractivity contribution < 1.29 is 4.79 Å². The zero-order valence-electron chi connectivity index (χ0n) is 15.7. The van der Waals surface area contributed by atoms with Gasteiger partial charge in [-0.2, -0.15) is 0 Å². The number of rotatable bonds is 7. The van der Waals surface area contributed by atoms with Gasteiger partial charge in [0.05, 0.1) is 11.3 Å². The van der Waals surface area contributed by atoms with Crippen molar-refractivity contribution in [2.75, 3.05) is 28.6 Å². The largest absolute Gasteiger partial charge is 0.381 e. The van der Waals surface area contributed by atoms with E-state index in [0.717, 1.165) is 30.2 Å². The van der Waals surface area contributed by atoms with Gasteiger partial charge >= 0.3 is 0 Å². The van der Waals surface area contributed by atoms with E-state index in [9.17, 15) is 4.79 Å². The van der Waals surface area contributed by atoms with Gasteiger partial charge in [-0.1, -0.05) is 12.8 Å². The van der Waals surface area contributed by atoms with Crippen molar-refractivity contribution in [2.45, 2.75) is 45.6 Å². The van der Waals surface area contributed by atoms with Gasteiger partial charge in [-0.15, -0.1) is 0 Å². The molecule has 2 N–H and O–H groups in total. The summed E-state index contributed by atoms with van der Waals surface area (Å²) in [5.41, 5.74) is 3.44. The van der Waals surface area contributed by atoms with Gasteiger partial charge in [-0.3, -0.25) is 9.78 Å². The van der Waals surface area contributed by atoms with Crippen molar-refractivity contribution >= 4 is 23.0 Å². The fourth-order valence-electron chi connectivity index (χ4n) is 3.50. The van der Waals surface area contributed by atoms with Crippen LogP contribution >= 0.6 is 0 Å². The number of pyridine rings is 1. The highest BCUT2D eigenvalue weighted by atomic mass is 16.1. The molecule has 0 saturated heterocycles. The number of nitrogens with zero attached hydrogens (tertiary/aromatic N) is 2. The molecule has 5 heteroatoms. The molecular weight excluding hydrogens is 324 g/mol. The number of carbonyl (C=O) groups excluding carboxylic acids is 1. The van der Waals surface area contributed by atoms with E-state index in [2.05, 4.69) is 34.4 Å². The Morgan fingerprint density at radius 2 is 1.77 bits per heavy atom. The number of benzene rings is 1. The second-order valence-corrected chi connectivity index (χ2v) is 6.76. The summed E-state index contributed by atoms with van der Waals surface area (Å²) in [5, 5.41) is 6.44. The monoisotopic (exact) mass is 352 g/mol. The van der Waals surface area contributed by atoms with E-state index >= 15 is 0 Å². The molecule has 26 heavy (non-hydrogen) atoms. The van der Waals surface area contributed by atoms with Crippen molar-refractivity contribution in [3.63, 3.8) is 0 Å². The highest BCUT2D eigenvalue weighted by molar-refractivity contribution is 6.04. The summed E-state index contributed by atoms with van der Waals surface area (Å²) in [5.74, 6) is -0.136. The Morgan fingerprint density at radius 1 is 1.08 bits per heavy atom. The Morgan fingerprint density at radius 3 is 2.42 bits per heavy atom. The van der Waals surface area contributed by atoms with E-state index in [1.165, 1.54) is 25.7 Å².